The maximum atomic E-state index is 12.1. The number of hydrogen-bond acceptors (Lipinski definition) is 4. The van der Waals surface area contributed by atoms with Crippen LogP contribution in [0.1, 0.15) is 47.7 Å². The number of benzene rings is 1. The van der Waals surface area contributed by atoms with E-state index in [1.807, 2.05) is 37.4 Å². The molecule has 2 aromatic rings. The SMILES string of the molecule is CC(C)(CO)CCCNC(=O)c1csc(Cc2ccccc2)n1. The van der Waals surface area contributed by atoms with Crippen LogP contribution in [-0.4, -0.2) is 29.1 Å². The molecular formula is C18H24N2O2S. The molecule has 0 saturated heterocycles. The Kier molecular flexibility index (Phi) is 6.30. The van der Waals surface area contributed by atoms with Gasteiger partial charge < -0.3 is 10.4 Å². The van der Waals surface area contributed by atoms with Crippen molar-refractivity contribution in [3.8, 4) is 0 Å². The van der Waals surface area contributed by atoms with Gasteiger partial charge in [-0.1, -0.05) is 44.2 Å². The molecule has 2 rings (SSSR count). The van der Waals surface area contributed by atoms with Gasteiger partial charge in [0.2, 0.25) is 0 Å². The molecule has 23 heavy (non-hydrogen) atoms. The molecule has 0 spiro atoms. The highest BCUT2D eigenvalue weighted by molar-refractivity contribution is 7.09. The lowest BCUT2D eigenvalue weighted by molar-refractivity contribution is 0.0944. The topological polar surface area (TPSA) is 62.2 Å². The minimum atomic E-state index is -0.123. The summed E-state index contributed by atoms with van der Waals surface area (Å²) in [5.74, 6) is -0.123. The number of carbonyl (C=O) groups is 1. The van der Waals surface area contributed by atoms with Crippen molar-refractivity contribution in [2.45, 2.75) is 33.1 Å². The van der Waals surface area contributed by atoms with Crippen molar-refractivity contribution in [3.05, 3.63) is 52.0 Å². The summed E-state index contributed by atoms with van der Waals surface area (Å²) >= 11 is 1.51. The summed E-state index contributed by atoms with van der Waals surface area (Å²) in [6.07, 6.45) is 2.48. The van der Waals surface area contributed by atoms with Crippen LogP contribution in [0, 0.1) is 5.41 Å². The summed E-state index contributed by atoms with van der Waals surface area (Å²) < 4.78 is 0. The predicted molar refractivity (Wildman–Crippen MR) is 93.8 cm³/mol. The standard InChI is InChI=1S/C18H24N2O2S/c1-18(2,13-21)9-6-10-19-17(22)15-12-23-16(20-15)11-14-7-4-3-5-8-14/h3-5,7-8,12,21H,6,9-11,13H2,1-2H3,(H,19,22). The Bertz CT molecular complexity index is 623. The normalized spacial score (nSPS) is 11.4. The number of hydrogen-bond donors (Lipinski definition) is 2. The summed E-state index contributed by atoms with van der Waals surface area (Å²) in [6, 6.07) is 10.1. The fourth-order valence-electron chi connectivity index (χ4n) is 2.21. The number of nitrogens with zero attached hydrogens (tertiary/aromatic N) is 1. The van der Waals surface area contributed by atoms with Gasteiger partial charge in [-0.05, 0) is 23.8 Å². The van der Waals surface area contributed by atoms with Gasteiger partial charge in [0.1, 0.15) is 5.69 Å². The largest absolute Gasteiger partial charge is 0.396 e. The third kappa shape index (κ3) is 5.77. The zero-order valence-corrected chi connectivity index (χ0v) is 14.5. The van der Waals surface area contributed by atoms with Gasteiger partial charge in [-0.25, -0.2) is 4.98 Å². The molecule has 0 radical (unpaired) electrons. The quantitative estimate of drug-likeness (QED) is 0.729. The fourth-order valence-corrected chi connectivity index (χ4v) is 3.01. The molecule has 5 heteroatoms. The van der Waals surface area contributed by atoms with Crippen LogP contribution in [0.2, 0.25) is 0 Å². The van der Waals surface area contributed by atoms with E-state index in [-0.39, 0.29) is 17.9 Å². The third-order valence-corrected chi connectivity index (χ3v) is 4.58. The molecular weight excluding hydrogens is 308 g/mol. The number of amides is 1. The number of nitrogens with one attached hydrogen (secondary N) is 1. The first-order chi connectivity index (χ1) is 11.0. The molecule has 1 aromatic heterocycles. The molecule has 0 aliphatic heterocycles. The highest BCUT2D eigenvalue weighted by atomic mass is 32.1. The summed E-state index contributed by atoms with van der Waals surface area (Å²) in [4.78, 5) is 16.5. The van der Waals surface area contributed by atoms with E-state index in [2.05, 4.69) is 22.4 Å². The van der Waals surface area contributed by atoms with Crippen molar-refractivity contribution in [1.82, 2.24) is 10.3 Å². The Hall–Kier alpha value is -1.72. The number of thiazole rings is 1. The molecule has 124 valence electrons. The zero-order chi connectivity index (χ0) is 16.7. The van der Waals surface area contributed by atoms with E-state index in [0.717, 1.165) is 24.3 Å². The molecule has 0 saturated carbocycles. The van der Waals surface area contributed by atoms with E-state index < -0.39 is 0 Å². The Labute approximate surface area is 141 Å². The van der Waals surface area contributed by atoms with Gasteiger partial charge in [-0.2, -0.15) is 0 Å². The predicted octanol–water partition coefficient (Wildman–Crippen LogP) is 3.26. The average Bonchev–Trinajstić information content (AvgIpc) is 3.01. The van der Waals surface area contributed by atoms with Crippen molar-refractivity contribution >= 4 is 17.2 Å². The van der Waals surface area contributed by atoms with E-state index in [4.69, 9.17) is 0 Å². The van der Waals surface area contributed by atoms with Gasteiger partial charge in [0.25, 0.3) is 5.91 Å². The van der Waals surface area contributed by atoms with Crippen LogP contribution in [0.15, 0.2) is 35.7 Å². The molecule has 0 aliphatic rings. The van der Waals surface area contributed by atoms with Crippen LogP contribution in [0.3, 0.4) is 0 Å². The molecule has 0 aliphatic carbocycles. The lowest BCUT2D eigenvalue weighted by Crippen LogP contribution is -2.26. The van der Waals surface area contributed by atoms with Gasteiger partial charge in [0, 0.05) is 25.0 Å². The third-order valence-electron chi connectivity index (χ3n) is 3.73. The van der Waals surface area contributed by atoms with E-state index in [9.17, 15) is 9.90 Å². The van der Waals surface area contributed by atoms with Crippen LogP contribution in [0.4, 0.5) is 0 Å². The first-order valence-electron chi connectivity index (χ1n) is 7.87. The van der Waals surface area contributed by atoms with E-state index in [0.29, 0.717) is 12.2 Å². The smallest absolute Gasteiger partial charge is 0.270 e. The summed E-state index contributed by atoms with van der Waals surface area (Å²) in [6.45, 7) is 4.81. The molecule has 1 heterocycles. The number of carbonyl (C=O) groups excluding carboxylic acids is 1. The first-order valence-corrected chi connectivity index (χ1v) is 8.75. The van der Waals surface area contributed by atoms with Crippen molar-refractivity contribution in [1.29, 1.82) is 0 Å². The van der Waals surface area contributed by atoms with Crippen molar-refractivity contribution < 1.29 is 9.90 Å². The Morgan fingerprint density at radius 2 is 2.04 bits per heavy atom. The van der Waals surface area contributed by atoms with E-state index >= 15 is 0 Å². The molecule has 0 atom stereocenters. The van der Waals surface area contributed by atoms with Crippen LogP contribution in [-0.2, 0) is 6.42 Å². The van der Waals surface area contributed by atoms with Crippen molar-refractivity contribution in [2.24, 2.45) is 5.41 Å². The molecule has 2 N–H and O–H groups in total. The number of aliphatic hydroxyl groups excluding tert-OH is 1. The summed E-state index contributed by atoms with van der Waals surface area (Å²) in [5, 5.41) is 14.9. The van der Waals surface area contributed by atoms with E-state index in [1.54, 1.807) is 0 Å². The van der Waals surface area contributed by atoms with Gasteiger partial charge in [0.05, 0.1) is 5.01 Å². The van der Waals surface area contributed by atoms with Gasteiger partial charge in [-0.3, -0.25) is 4.79 Å². The van der Waals surface area contributed by atoms with Crippen LogP contribution < -0.4 is 5.32 Å². The highest BCUT2D eigenvalue weighted by Crippen LogP contribution is 2.20. The second kappa shape index (κ2) is 8.22. The minimum Gasteiger partial charge on any atom is -0.396 e. The Morgan fingerprint density at radius 3 is 2.74 bits per heavy atom. The first kappa shape index (κ1) is 17.6. The van der Waals surface area contributed by atoms with Crippen LogP contribution >= 0.6 is 11.3 Å². The summed E-state index contributed by atoms with van der Waals surface area (Å²) in [5.41, 5.74) is 1.59. The van der Waals surface area contributed by atoms with Crippen molar-refractivity contribution in [3.63, 3.8) is 0 Å². The average molecular weight is 332 g/mol. The number of aromatic nitrogens is 1. The van der Waals surface area contributed by atoms with Crippen LogP contribution in [0.25, 0.3) is 0 Å². The number of aliphatic hydroxyl groups is 1. The number of rotatable bonds is 8. The highest BCUT2D eigenvalue weighted by Gasteiger charge is 2.16. The molecule has 0 fully saturated rings. The fraction of sp³-hybridized carbons (Fsp3) is 0.444. The zero-order valence-electron chi connectivity index (χ0n) is 13.7. The van der Waals surface area contributed by atoms with Crippen LogP contribution in [0.5, 0.6) is 0 Å². The lowest BCUT2D eigenvalue weighted by Gasteiger charge is -2.21. The monoisotopic (exact) mass is 332 g/mol. The molecule has 4 nitrogen and oxygen atoms in total. The molecule has 0 unspecified atom stereocenters. The van der Waals surface area contributed by atoms with Gasteiger partial charge in [0.15, 0.2) is 0 Å². The van der Waals surface area contributed by atoms with Gasteiger partial charge in [-0.15, -0.1) is 11.3 Å². The maximum Gasteiger partial charge on any atom is 0.270 e. The minimum absolute atomic E-state index is 0.0891. The lowest BCUT2D eigenvalue weighted by atomic mass is 9.89. The van der Waals surface area contributed by atoms with Crippen molar-refractivity contribution in [2.75, 3.05) is 13.2 Å². The Morgan fingerprint density at radius 1 is 1.30 bits per heavy atom. The maximum absolute atomic E-state index is 12.1. The molecule has 0 bridgehead atoms. The Balaban J connectivity index is 1.80. The van der Waals surface area contributed by atoms with E-state index in [1.165, 1.54) is 16.9 Å². The second-order valence-electron chi connectivity index (χ2n) is 6.47. The molecule has 1 aromatic carbocycles. The summed E-state index contributed by atoms with van der Waals surface area (Å²) in [7, 11) is 0. The second-order valence-corrected chi connectivity index (χ2v) is 7.41. The molecule has 1 amide bonds. The van der Waals surface area contributed by atoms with Gasteiger partial charge >= 0.3 is 0 Å².